The summed E-state index contributed by atoms with van der Waals surface area (Å²) < 4.78 is 9.95. The van der Waals surface area contributed by atoms with E-state index in [1.165, 1.54) is 20.4 Å². The van der Waals surface area contributed by atoms with Gasteiger partial charge in [-0.3, -0.25) is 9.79 Å². The van der Waals surface area contributed by atoms with Gasteiger partial charge in [0.15, 0.2) is 6.10 Å². The Kier molecular flexibility index (Phi) is 9.78. The van der Waals surface area contributed by atoms with Gasteiger partial charge in [-0.1, -0.05) is 30.3 Å². The molecule has 1 atom stereocenters. The summed E-state index contributed by atoms with van der Waals surface area (Å²) in [6.07, 6.45) is 0.150. The van der Waals surface area contributed by atoms with E-state index < -0.39 is 12.1 Å². The summed E-state index contributed by atoms with van der Waals surface area (Å²) in [7, 11) is 4.22. The smallest absolute Gasteiger partial charge is 0.340 e. The topological polar surface area (TPSA) is 114 Å². The van der Waals surface area contributed by atoms with Gasteiger partial charge >= 0.3 is 5.97 Å². The van der Waals surface area contributed by atoms with E-state index in [-0.39, 0.29) is 5.70 Å². The van der Waals surface area contributed by atoms with Gasteiger partial charge in [-0.05, 0) is 55.2 Å². The van der Waals surface area contributed by atoms with E-state index in [4.69, 9.17) is 15.2 Å². The maximum atomic E-state index is 12.3. The van der Waals surface area contributed by atoms with Crippen LogP contribution in [0.15, 0.2) is 64.9 Å². The minimum absolute atomic E-state index is 0.0331. The summed E-state index contributed by atoms with van der Waals surface area (Å²) in [4.78, 5) is 30.0. The number of aliphatic hydroxyl groups is 1. The number of carbonyl (C=O) groups excluding carboxylic acids is 2. The molecule has 0 bridgehead atoms. The lowest BCUT2D eigenvalue weighted by Crippen LogP contribution is -2.34. The van der Waals surface area contributed by atoms with Crippen LogP contribution in [0.25, 0.3) is 5.57 Å². The first-order chi connectivity index (χ1) is 16.7. The Balaban J connectivity index is 2.72. The number of carbonyl (C=O) groups is 2. The zero-order valence-electron chi connectivity index (χ0n) is 21.0. The van der Waals surface area contributed by atoms with Gasteiger partial charge in [-0.15, -0.1) is 0 Å². The molecular formula is C27H33N3O5. The van der Waals surface area contributed by atoms with Crippen LogP contribution in [0, 0.1) is 13.8 Å². The Labute approximate surface area is 206 Å². The molecule has 35 heavy (non-hydrogen) atoms. The minimum Gasteiger partial charge on any atom is -0.497 e. The molecule has 0 aliphatic rings. The molecule has 0 fully saturated rings. The third kappa shape index (κ3) is 6.58. The highest BCUT2D eigenvalue weighted by molar-refractivity contribution is 6.13. The predicted molar refractivity (Wildman–Crippen MR) is 137 cm³/mol. The summed E-state index contributed by atoms with van der Waals surface area (Å²) in [6, 6.07) is 13.2. The van der Waals surface area contributed by atoms with Gasteiger partial charge in [-0.25, -0.2) is 4.79 Å². The lowest BCUT2D eigenvalue weighted by Gasteiger charge is -2.26. The number of amides is 1. The highest BCUT2D eigenvalue weighted by Gasteiger charge is 2.30. The molecule has 0 radical (unpaired) electrons. The molecular weight excluding hydrogens is 446 g/mol. The third-order valence-corrected chi connectivity index (χ3v) is 5.76. The molecule has 0 aliphatic heterocycles. The fourth-order valence-electron chi connectivity index (χ4n) is 3.54. The molecule has 8 heteroatoms. The van der Waals surface area contributed by atoms with Crippen molar-refractivity contribution >= 4 is 23.7 Å². The number of hydrogen-bond acceptors (Lipinski definition) is 7. The van der Waals surface area contributed by atoms with Crippen molar-refractivity contribution < 1.29 is 24.2 Å². The molecule has 2 aromatic rings. The van der Waals surface area contributed by atoms with Crippen molar-refractivity contribution in [2.75, 3.05) is 21.3 Å². The number of aryl methyl sites for hydroxylation is 2. The Morgan fingerprint density at radius 3 is 2.31 bits per heavy atom. The summed E-state index contributed by atoms with van der Waals surface area (Å²) >= 11 is 0. The number of allylic oxidation sites excluding steroid dienone is 2. The zero-order chi connectivity index (χ0) is 26.1. The van der Waals surface area contributed by atoms with Gasteiger partial charge in [0.2, 0.25) is 6.41 Å². The van der Waals surface area contributed by atoms with Crippen LogP contribution in [0.5, 0.6) is 5.75 Å². The fourth-order valence-corrected chi connectivity index (χ4v) is 3.54. The molecule has 0 spiro atoms. The first kappa shape index (κ1) is 27.3. The predicted octanol–water partition coefficient (Wildman–Crippen LogP) is 3.15. The molecule has 0 saturated carbocycles. The molecule has 0 aromatic heterocycles. The molecule has 186 valence electrons. The number of ether oxygens (including phenoxy) is 2. The Morgan fingerprint density at radius 1 is 1.14 bits per heavy atom. The maximum Gasteiger partial charge on any atom is 0.340 e. The average Bonchev–Trinajstić information content (AvgIpc) is 2.88. The van der Waals surface area contributed by atoms with Crippen LogP contribution in [0.1, 0.15) is 29.2 Å². The monoisotopic (exact) mass is 479 g/mol. The standard InChI is InChI=1S/C27H33N3O5/c1-17-7-10-21(13-18(17)2)24(25(30(4)16-31)26(32)27(33)35-6)23(14-28)19(3)29-15-20-8-11-22(34-5)12-9-20/h7-14,16,26,32H,15,28H2,1-6H3/b23-14?,25-24-,29-19?. The molecule has 3 N–H and O–H groups in total. The summed E-state index contributed by atoms with van der Waals surface area (Å²) in [5.74, 6) is -0.158. The molecule has 2 rings (SSSR count). The molecule has 8 nitrogen and oxygen atoms in total. The molecule has 1 unspecified atom stereocenters. The molecule has 0 saturated heterocycles. The van der Waals surface area contributed by atoms with Gasteiger partial charge in [0.1, 0.15) is 5.75 Å². The van der Waals surface area contributed by atoms with Gasteiger partial charge in [-0.2, -0.15) is 0 Å². The first-order valence-electron chi connectivity index (χ1n) is 11.0. The number of hydrogen-bond donors (Lipinski definition) is 2. The van der Waals surface area contributed by atoms with Crippen molar-refractivity contribution in [1.29, 1.82) is 0 Å². The Bertz CT molecular complexity index is 1150. The van der Waals surface area contributed by atoms with Crippen LogP contribution in [0.3, 0.4) is 0 Å². The summed E-state index contributed by atoms with van der Waals surface area (Å²) in [6.45, 7) is 6.08. The molecule has 1 amide bonds. The van der Waals surface area contributed by atoms with Crippen molar-refractivity contribution in [2.45, 2.75) is 33.4 Å². The summed E-state index contributed by atoms with van der Waals surface area (Å²) in [5, 5.41) is 10.9. The number of aliphatic imine (C=N–C) groups is 1. The number of benzene rings is 2. The van der Waals surface area contributed by atoms with Crippen LogP contribution in [0.4, 0.5) is 0 Å². The zero-order valence-corrected chi connectivity index (χ0v) is 21.0. The molecule has 2 aromatic carbocycles. The van der Waals surface area contributed by atoms with E-state index in [0.717, 1.165) is 27.3 Å². The van der Waals surface area contributed by atoms with Gasteiger partial charge in [0.25, 0.3) is 0 Å². The first-order valence-corrected chi connectivity index (χ1v) is 11.0. The van der Waals surface area contributed by atoms with Gasteiger partial charge < -0.3 is 25.2 Å². The third-order valence-electron chi connectivity index (χ3n) is 5.76. The second kappa shape index (κ2) is 12.5. The van der Waals surface area contributed by atoms with Crippen molar-refractivity contribution in [3.8, 4) is 5.75 Å². The lowest BCUT2D eigenvalue weighted by molar-refractivity contribution is -0.149. The van der Waals surface area contributed by atoms with E-state index in [9.17, 15) is 14.7 Å². The highest BCUT2D eigenvalue weighted by Crippen LogP contribution is 2.32. The number of likely N-dealkylation sites (N-methyl/N-ethyl adjacent to an activating group) is 1. The molecule has 0 heterocycles. The number of aliphatic hydroxyl groups excluding tert-OH is 1. The van der Waals surface area contributed by atoms with E-state index in [2.05, 4.69) is 4.99 Å². The number of rotatable bonds is 10. The van der Waals surface area contributed by atoms with E-state index in [1.807, 2.05) is 56.3 Å². The Morgan fingerprint density at radius 2 is 1.80 bits per heavy atom. The Hall–Kier alpha value is -3.91. The largest absolute Gasteiger partial charge is 0.497 e. The van der Waals surface area contributed by atoms with Crippen molar-refractivity contribution in [2.24, 2.45) is 10.7 Å². The van der Waals surface area contributed by atoms with Crippen molar-refractivity contribution in [3.63, 3.8) is 0 Å². The quantitative estimate of drug-likeness (QED) is 0.234. The van der Waals surface area contributed by atoms with E-state index in [0.29, 0.717) is 35.4 Å². The van der Waals surface area contributed by atoms with Crippen LogP contribution in [-0.2, 0) is 20.9 Å². The average molecular weight is 480 g/mol. The van der Waals surface area contributed by atoms with Crippen molar-refractivity contribution in [3.05, 3.63) is 82.2 Å². The van der Waals surface area contributed by atoms with Crippen LogP contribution in [0.2, 0.25) is 0 Å². The van der Waals surface area contributed by atoms with Crippen molar-refractivity contribution in [1.82, 2.24) is 4.90 Å². The second-order valence-electron chi connectivity index (χ2n) is 8.03. The minimum atomic E-state index is -1.73. The van der Waals surface area contributed by atoms with Gasteiger partial charge in [0, 0.05) is 30.1 Å². The summed E-state index contributed by atoms with van der Waals surface area (Å²) in [5.41, 5.74) is 11.2. The fraction of sp³-hybridized carbons (Fsp3) is 0.296. The van der Waals surface area contributed by atoms with E-state index >= 15 is 0 Å². The number of nitrogens with zero attached hydrogens (tertiary/aromatic N) is 2. The normalized spacial score (nSPS) is 13.6. The number of methoxy groups -OCH3 is 2. The highest BCUT2D eigenvalue weighted by atomic mass is 16.5. The maximum absolute atomic E-state index is 12.3. The van der Waals surface area contributed by atoms with E-state index in [1.54, 1.807) is 14.0 Å². The van der Waals surface area contributed by atoms with Gasteiger partial charge in [0.05, 0.1) is 26.5 Å². The second-order valence-corrected chi connectivity index (χ2v) is 8.03. The van der Waals surface area contributed by atoms with Crippen LogP contribution < -0.4 is 10.5 Å². The SMILES string of the molecule is COC(=O)C(O)/C(=C(/C(=CN)C(C)=NCc1ccc(OC)cc1)c1ccc(C)c(C)c1)N(C)C=O. The van der Waals surface area contributed by atoms with Crippen LogP contribution >= 0.6 is 0 Å². The number of nitrogens with two attached hydrogens (primary N) is 1. The van der Waals surface area contributed by atoms with Crippen LogP contribution in [-0.4, -0.2) is 55.5 Å². The number of esters is 1. The molecule has 0 aliphatic carbocycles. The lowest BCUT2D eigenvalue weighted by atomic mass is 9.89.